The fraction of sp³-hybridized carbons (Fsp3) is 0.300. The van der Waals surface area contributed by atoms with Crippen LogP contribution in [0.15, 0.2) is 48.5 Å². The zero-order chi connectivity index (χ0) is 18.5. The van der Waals surface area contributed by atoms with Crippen LogP contribution in [0.2, 0.25) is 5.02 Å². The molecule has 1 atom stereocenters. The van der Waals surface area contributed by atoms with Crippen LogP contribution in [0, 0.1) is 5.82 Å². The van der Waals surface area contributed by atoms with Crippen LogP contribution in [0.3, 0.4) is 0 Å². The van der Waals surface area contributed by atoms with Gasteiger partial charge in [0.05, 0.1) is 10.6 Å². The third-order valence-corrected chi connectivity index (χ3v) is 4.79. The number of carbonyl (C=O) groups excluding carboxylic acids is 2. The Morgan fingerprint density at radius 1 is 1.12 bits per heavy atom. The molecule has 2 aromatic rings. The van der Waals surface area contributed by atoms with Crippen molar-refractivity contribution in [1.29, 1.82) is 0 Å². The Kier molecular flexibility index (Phi) is 5.89. The summed E-state index contributed by atoms with van der Waals surface area (Å²) in [5, 5.41) is 2.80. The Morgan fingerprint density at radius 2 is 1.81 bits per heavy atom. The molecule has 3 rings (SSSR count). The van der Waals surface area contributed by atoms with Crippen molar-refractivity contribution < 1.29 is 14.0 Å². The first-order valence-corrected chi connectivity index (χ1v) is 9.01. The average Bonchev–Trinajstić information content (AvgIpc) is 3.16. The molecule has 0 saturated carbocycles. The molecule has 1 N–H and O–H groups in total. The predicted octanol–water partition coefficient (Wildman–Crippen LogP) is 3.44. The highest BCUT2D eigenvalue weighted by molar-refractivity contribution is 6.33. The van der Waals surface area contributed by atoms with Crippen LogP contribution in [0.4, 0.5) is 4.39 Å². The van der Waals surface area contributed by atoms with Crippen molar-refractivity contribution in [2.45, 2.75) is 25.3 Å². The lowest BCUT2D eigenvalue weighted by molar-refractivity contribution is -0.132. The third kappa shape index (κ3) is 4.41. The summed E-state index contributed by atoms with van der Waals surface area (Å²) in [5.41, 5.74) is 1.11. The quantitative estimate of drug-likeness (QED) is 0.871. The van der Waals surface area contributed by atoms with Gasteiger partial charge in [-0.25, -0.2) is 4.39 Å². The Hall–Kier alpha value is -2.40. The number of likely N-dealkylation sites (tertiary alicyclic amines) is 1. The second kappa shape index (κ2) is 8.32. The van der Waals surface area contributed by atoms with E-state index in [1.165, 1.54) is 12.1 Å². The zero-order valence-corrected chi connectivity index (χ0v) is 15.0. The summed E-state index contributed by atoms with van der Waals surface area (Å²) in [6.07, 6.45) is 2.34. The molecule has 1 heterocycles. The highest BCUT2D eigenvalue weighted by Gasteiger charge is 2.28. The fourth-order valence-corrected chi connectivity index (χ4v) is 3.37. The number of benzene rings is 2. The van der Waals surface area contributed by atoms with Crippen molar-refractivity contribution in [2.75, 3.05) is 13.1 Å². The van der Waals surface area contributed by atoms with E-state index in [-0.39, 0.29) is 16.5 Å². The summed E-state index contributed by atoms with van der Waals surface area (Å²) >= 11 is 5.98. The number of nitrogens with one attached hydrogen (secondary N) is 1. The minimum atomic E-state index is -0.691. The SMILES string of the molecule is O=C(N[C@H](Cc1ccccc1)C(=O)N1CCCC1)c1ccc(F)cc1Cl. The zero-order valence-electron chi connectivity index (χ0n) is 14.3. The van der Waals surface area contributed by atoms with Gasteiger partial charge in [0, 0.05) is 19.5 Å². The molecule has 1 aliphatic rings. The monoisotopic (exact) mass is 374 g/mol. The minimum Gasteiger partial charge on any atom is -0.341 e. The van der Waals surface area contributed by atoms with Crippen molar-refractivity contribution in [2.24, 2.45) is 0 Å². The molecule has 0 spiro atoms. The second-order valence-electron chi connectivity index (χ2n) is 6.37. The molecule has 0 aliphatic carbocycles. The first-order chi connectivity index (χ1) is 12.5. The van der Waals surface area contributed by atoms with E-state index in [4.69, 9.17) is 11.6 Å². The molecule has 26 heavy (non-hydrogen) atoms. The van der Waals surface area contributed by atoms with Crippen LogP contribution >= 0.6 is 11.6 Å². The van der Waals surface area contributed by atoms with Crippen molar-refractivity contribution in [3.63, 3.8) is 0 Å². The topological polar surface area (TPSA) is 49.4 Å². The molecule has 0 aromatic heterocycles. The molecule has 2 amide bonds. The van der Waals surface area contributed by atoms with Gasteiger partial charge in [-0.15, -0.1) is 0 Å². The van der Waals surface area contributed by atoms with E-state index in [2.05, 4.69) is 5.32 Å². The maximum absolute atomic E-state index is 13.2. The van der Waals surface area contributed by atoms with E-state index in [1.54, 1.807) is 4.90 Å². The minimum absolute atomic E-state index is 0.0228. The van der Waals surface area contributed by atoms with Gasteiger partial charge in [-0.3, -0.25) is 9.59 Å². The summed E-state index contributed by atoms with van der Waals surface area (Å²) in [5.74, 6) is -1.10. The highest BCUT2D eigenvalue weighted by atomic mass is 35.5. The van der Waals surface area contributed by atoms with Gasteiger partial charge in [0.2, 0.25) is 5.91 Å². The number of rotatable bonds is 5. The number of carbonyl (C=O) groups is 2. The average molecular weight is 375 g/mol. The second-order valence-corrected chi connectivity index (χ2v) is 6.78. The molecular formula is C20H20ClFN2O2. The predicted molar refractivity (Wildman–Crippen MR) is 98.6 cm³/mol. The summed E-state index contributed by atoms with van der Waals surface area (Å²) in [7, 11) is 0. The molecule has 136 valence electrons. The van der Waals surface area contributed by atoms with E-state index < -0.39 is 17.8 Å². The lowest BCUT2D eigenvalue weighted by Crippen LogP contribution is -2.49. The van der Waals surface area contributed by atoms with E-state index >= 15 is 0 Å². The molecule has 2 aromatic carbocycles. The van der Waals surface area contributed by atoms with Crippen LogP contribution in [-0.2, 0) is 11.2 Å². The first kappa shape index (κ1) is 18.4. The lowest BCUT2D eigenvalue weighted by Gasteiger charge is -2.24. The number of halogens is 2. The van der Waals surface area contributed by atoms with Gasteiger partial charge >= 0.3 is 0 Å². The van der Waals surface area contributed by atoms with Crippen LogP contribution < -0.4 is 5.32 Å². The van der Waals surface area contributed by atoms with E-state index in [9.17, 15) is 14.0 Å². The third-order valence-electron chi connectivity index (χ3n) is 4.48. The normalized spacial score (nSPS) is 14.9. The van der Waals surface area contributed by atoms with Crippen LogP contribution in [0.25, 0.3) is 0 Å². The molecule has 1 aliphatic heterocycles. The molecule has 0 radical (unpaired) electrons. The summed E-state index contributed by atoms with van der Waals surface area (Å²) in [6.45, 7) is 1.41. The van der Waals surface area contributed by atoms with Gasteiger partial charge in [-0.1, -0.05) is 41.9 Å². The molecule has 1 fully saturated rings. The van der Waals surface area contributed by atoms with Crippen LogP contribution in [0.1, 0.15) is 28.8 Å². The van der Waals surface area contributed by atoms with Crippen molar-refractivity contribution >= 4 is 23.4 Å². The van der Waals surface area contributed by atoms with Crippen molar-refractivity contribution in [3.8, 4) is 0 Å². The van der Waals surface area contributed by atoms with E-state index in [1.807, 2.05) is 30.3 Å². The maximum atomic E-state index is 13.2. The van der Waals surface area contributed by atoms with Crippen LogP contribution in [0.5, 0.6) is 0 Å². The lowest BCUT2D eigenvalue weighted by atomic mass is 10.0. The summed E-state index contributed by atoms with van der Waals surface area (Å²) in [4.78, 5) is 27.3. The van der Waals surface area contributed by atoms with Gasteiger partial charge in [0.1, 0.15) is 11.9 Å². The number of hydrogen-bond acceptors (Lipinski definition) is 2. The fourth-order valence-electron chi connectivity index (χ4n) is 3.12. The Labute approximate surface area is 157 Å². The maximum Gasteiger partial charge on any atom is 0.253 e. The Morgan fingerprint density at radius 3 is 2.46 bits per heavy atom. The molecule has 4 nitrogen and oxygen atoms in total. The smallest absolute Gasteiger partial charge is 0.253 e. The van der Waals surface area contributed by atoms with Crippen molar-refractivity contribution in [3.05, 3.63) is 70.5 Å². The van der Waals surface area contributed by atoms with Crippen LogP contribution in [-0.4, -0.2) is 35.8 Å². The van der Waals surface area contributed by atoms with Gasteiger partial charge in [-0.2, -0.15) is 0 Å². The summed E-state index contributed by atoms with van der Waals surface area (Å²) < 4.78 is 13.2. The molecule has 0 unspecified atom stereocenters. The number of hydrogen-bond donors (Lipinski definition) is 1. The van der Waals surface area contributed by atoms with Gasteiger partial charge in [0.15, 0.2) is 0 Å². The van der Waals surface area contributed by atoms with Gasteiger partial charge in [0.25, 0.3) is 5.91 Å². The molecule has 1 saturated heterocycles. The summed E-state index contributed by atoms with van der Waals surface area (Å²) in [6, 6.07) is 12.4. The molecule has 6 heteroatoms. The molecular weight excluding hydrogens is 355 g/mol. The Balaban J connectivity index is 1.80. The van der Waals surface area contributed by atoms with E-state index in [0.717, 1.165) is 24.5 Å². The van der Waals surface area contributed by atoms with E-state index in [0.29, 0.717) is 19.5 Å². The molecule has 0 bridgehead atoms. The van der Waals surface area contributed by atoms with Gasteiger partial charge < -0.3 is 10.2 Å². The highest BCUT2D eigenvalue weighted by Crippen LogP contribution is 2.18. The number of amides is 2. The Bertz CT molecular complexity index is 792. The van der Waals surface area contributed by atoms with Crippen molar-refractivity contribution in [1.82, 2.24) is 10.2 Å². The standard InChI is InChI=1S/C20H20ClFN2O2/c21-17-13-15(22)8-9-16(17)19(25)23-18(12-14-6-2-1-3-7-14)20(26)24-10-4-5-11-24/h1-3,6-9,13,18H,4-5,10-12H2,(H,23,25)/t18-/m1/s1. The number of nitrogens with zero attached hydrogens (tertiary/aromatic N) is 1. The van der Waals surface area contributed by atoms with Gasteiger partial charge in [-0.05, 0) is 36.6 Å². The first-order valence-electron chi connectivity index (χ1n) is 8.63. The largest absolute Gasteiger partial charge is 0.341 e.